The Morgan fingerprint density at radius 2 is 1.78 bits per heavy atom. The molecule has 0 aliphatic carbocycles. The number of Topliss-reactive ketones (excluding diaryl/α,β-unsaturated/α-hetero) is 1. The summed E-state index contributed by atoms with van der Waals surface area (Å²) in [5, 5.41) is 1.10. The van der Waals surface area contributed by atoms with Crippen LogP contribution in [0.1, 0.15) is 30.8 Å². The first-order valence-electron chi connectivity index (χ1n) is 10.3. The molecule has 4 aromatic rings. The highest BCUT2D eigenvalue weighted by Gasteiger charge is 2.43. The molecular formula is C26H21N3O3. The second kappa shape index (κ2) is 7.89. The third kappa shape index (κ3) is 3.71. The fraction of sp³-hybridized carbons (Fsp3) is 0.154. The predicted octanol–water partition coefficient (Wildman–Crippen LogP) is 4.85. The highest BCUT2D eigenvalue weighted by atomic mass is 16.5. The average Bonchev–Trinajstić information content (AvgIpc) is 3.07. The zero-order valence-electron chi connectivity index (χ0n) is 17.8. The molecule has 6 nitrogen and oxygen atoms in total. The molecule has 0 bridgehead atoms. The lowest BCUT2D eigenvalue weighted by Crippen LogP contribution is -2.29. The number of carbonyl (C=O) groups is 1. The normalized spacial score (nSPS) is 15.1. The first-order chi connectivity index (χ1) is 15.5. The molecule has 0 N–H and O–H groups in total. The largest absolute Gasteiger partial charge is 0.487 e. The summed E-state index contributed by atoms with van der Waals surface area (Å²) in [6.07, 6.45) is 3.07. The van der Waals surface area contributed by atoms with Crippen molar-refractivity contribution in [2.24, 2.45) is 0 Å². The van der Waals surface area contributed by atoms with Crippen LogP contribution in [0, 0.1) is 0 Å². The van der Waals surface area contributed by atoms with Gasteiger partial charge in [0.05, 0.1) is 16.8 Å². The van der Waals surface area contributed by atoms with Crippen molar-refractivity contribution in [1.29, 1.82) is 0 Å². The molecule has 6 heteroatoms. The van der Waals surface area contributed by atoms with E-state index in [1.807, 2.05) is 60.7 Å². The Bertz CT molecular complexity index is 1330. The Kier molecular flexibility index (Phi) is 4.90. The molecule has 32 heavy (non-hydrogen) atoms. The van der Waals surface area contributed by atoms with Crippen molar-refractivity contribution in [3.63, 3.8) is 0 Å². The van der Waals surface area contributed by atoms with Crippen molar-refractivity contribution in [1.82, 2.24) is 15.0 Å². The number of nitrogens with zero attached hydrogens (tertiary/aromatic N) is 3. The SMILES string of the molecule is CC1(C)OC(c2ccncn2)=C(c2ccc(OCc3ccc4ccccc4n3)cc2)C1=O. The number of ether oxygens (including phenoxy) is 2. The van der Waals surface area contributed by atoms with E-state index in [1.165, 1.54) is 6.33 Å². The summed E-state index contributed by atoms with van der Waals surface area (Å²) in [7, 11) is 0. The molecule has 2 aromatic heterocycles. The van der Waals surface area contributed by atoms with E-state index in [4.69, 9.17) is 9.47 Å². The molecule has 5 rings (SSSR count). The van der Waals surface area contributed by atoms with E-state index >= 15 is 0 Å². The summed E-state index contributed by atoms with van der Waals surface area (Å²) < 4.78 is 11.9. The maximum Gasteiger partial charge on any atom is 0.210 e. The highest BCUT2D eigenvalue weighted by molar-refractivity contribution is 6.32. The number of pyridine rings is 1. The van der Waals surface area contributed by atoms with Crippen LogP contribution in [0.4, 0.5) is 0 Å². The van der Waals surface area contributed by atoms with Crippen LogP contribution in [-0.4, -0.2) is 26.3 Å². The number of carbonyl (C=O) groups excluding carboxylic acids is 1. The zero-order valence-corrected chi connectivity index (χ0v) is 17.8. The quantitative estimate of drug-likeness (QED) is 0.457. The van der Waals surface area contributed by atoms with Gasteiger partial charge in [-0.1, -0.05) is 36.4 Å². The second-order valence-electron chi connectivity index (χ2n) is 8.05. The molecule has 0 radical (unpaired) electrons. The number of hydrogen-bond donors (Lipinski definition) is 0. The second-order valence-corrected chi connectivity index (χ2v) is 8.05. The van der Waals surface area contributed by atoms with Crippen LogP contribution in [-0.2, 0) is 16.1 Å². The van der Waals surface area contributed by atoms with Crippen LogP contribution in [0.15, 0.2) is 79.3 Å². The third-order valence-corrected chi connectivity index (χ3v) is 5.36. The predicted molar refractivity (Wildman–Crippen MR) is 122 cm³/mol. The molecule has 1 aliphatic heterocycles. The van der Waals surface area contributed by atoms with Gasteiger partial charge in [-0.15, -0.1) is 0 Å². The molecule has 0 atom stereocenters. The first kappa shape index (κ1) is 19.9. The maximum absolute atomic E-state index is 13.0. The van der Waals surface area contributed by atoms with E-state index in [9.17, 15) is 4.79 Å². The van der Waals surface area contributed by atoms with Gasteiger partial charge >= 0.3 is 0 Å². The molecule has 158 valence electrons. The van der Waals surface area contributed by atoms with Gasteiger partial charge < -0.3 is 9.47 Å². The minimum Gasteiger partial charge on any atom is -0.487 e. The van der Waals surface area contributed by atoms with Crippen molar-refractivity contribution in [2.75, 3.05) is 0 Å². The van der Waals surface area contributed by atoms with Gasteiger partial charge in [-0.05, 0) is 49.7 Å². The fourth-order valence-electron chi connectivity index (χ4n) is 3.69. The van der Waals surface area contributed by atoms with Crippen LogP contribution in [0.2, 0.25) is 0 Å². The third-order valence-electron chi connectivity index (χ3n) is 5.36. The smallest absolute Gasteiger partial charge is 0.210 e. The lowest BCUT2D eigenvalue weighted by atomic mass is 9.93. The number of rotatable bonds is 5. The van der Waals surface area contributed by atoms with Crippen LogP contribution < -0.4 is 4.74 Å². The Hall–Kier alpha value is -4.06. The monoisotopic (exact) mass is 423 g/mol. The lowest BCUT2D eigenvalue weighted by Gasteiger charge is -2.17. The van der Waals surface area contributed by atoms with Gasteiger partial charge in [0, 0.05) is 11.6 Å². The van der Waals surface area contributed by atoms with E-state index in [0.29, 0.717) is 29.4 Å². The van der Waals surface area contributed by atoms with Crippen molar-refractivity contribution >= 4 is 28.0 Å². The van der Waals surface area contributed by atoms with Gasteiger partial charge in [0.15, 0.2) is 11.4 Å². The number of fused-ring (bicyclic) bond motifs is 1. The number of para-hydroxylation sites is 1. The van der Waals surface area contributed by atoms with E-state index in [0.717, 1.165) is 22.2 Å². The summed E-state index contributed by atoms with van der Waals surface area (Å²) >= 11 is 0. The summed E-state index contributed by atoms with van der Waals surface area (Å²) in [6.45, 7) is 3.88. The maximum atomic E-state index is 13.0. The molecular weight excluding hydrogens is 402 g/mol. The summed E-state index contributed by atoms with van der Waals surface area (Å²) in [6, 6.07) is 21.1. The molecule has 0 fully saturated rings. The molecule has 3 heterocycles. The Morgan fingerprint density at radius 3 is 2.56 bits per heavy atom. The number of ketones is 1. The topological polar surface area (TPSA) is 74.2 Å². The Balaban J connectivity index is 1.38. The summed E-state index contributed by atoms with van der Waals surface area (Å²) in [5.74, 6) is 1.08. The zero-order chi connectivity index (χ0) is 22.1. The van der Waals surface area contributed by atoms with Gasteiger partial charge in [0.25, 0.3) is 0 Å². The van der Waals surface area contributed by atoms with Crippen molar-refractivity contribution in [3.8, 4) is 5.75 Å². The minimum absolute atomic E-state index is 0.0832. The van der Waals surface area contributed by atoms with E-state index in [-0.39, 0.29) is 5.78 Å². The van der Waals surface area contributed by atoms with Gasteiger partial charge in [-0.25, -0.2) is 15.0 Å². The van der Waals surface area contributed by atoms with E-state index in [1.54, 1.807) is 26.1 Å². The van der Waals surface area contributed by atoms with Crippen LogP contribution in [0.3, 0.4) is 0 Å². The lowest BCUT2D eigenvalue weighted by molar-refractivity contribution is -0.125. The van der Waals surface area contributed by atoms with Crippen LogP contribution in [0.5, 0.6) is 5.75 Å². The Morgan fingerprint density at radius 1 is 0.969 bits per heavy atom. The van der Waals surface area contributed by atoms with E-state index in [2.05, 4.69) is 15.0 Å². The molecule has 0 unspecified atom stereocenters. The van der Waals surface area contributed by atoms with Gasteiger partial charge in [0.2, 0.25) is 5.78 Å². The van der Waals surface area contributed by atoms with Crippen molar-refractivity contribution in [2.45, 2.75) is 26.1 Å². The number of aromatic nitrogens is 3. The molecule has 0 spiro atoms. The van der Waals surface area contributed by atoms with Crippen molar-refractivity contribution < 1.29 is 14.3 Å². The van der Waals surface area contributed by atoms with Crippen LogP contribution >= 0.6 is 0 Å². The Labute approximate surface area is 185 Å². The highest BCUT2D eigenvalue weighted by Crippen LogP contribution is 2.40. The van der Waals surface area contributed by atoms with Crippen LogP contribution in [0.25, 0.3) is 22.2 Å². The molecule has 1 aliphatic rings. The summed E-state index contributed by atoms with van der Waals surface area (Å²) in [5.41, 5.74) is 2.68. The van der Waals surface area contributed by atoms with Gasteiger partial charge in [-0.3, -0.25) is 4.79 Å². The molecule has 2 aromatic carbocycles. The van der Waals surface area contributed by atoms with Gasteiger partial charge in [0.1, 0.15) is 24.4 Å². The molecule has 0 amide bonds. The van der Waals surface area contributed by atoms with E-state index < -0.39 is 5.60 Å². The van der Waals surface area contributed by atoms with Gasteiger partial charge in [-0.2, -0.15) is 0 Å². The first-order valence-corrected chi connectivity index (χ1v) is 10.3. The molecule has 0 saturated carbocycles. The standard InChI is InChI=1S/C26H21N3O3/c1-26(2)25(30)23(24(32-26)22-13-14-27-16-28-22)18-8-11-20(12-9-18)31-15-19-10-7-17-5-3-4-6-21(17)29-19/h3-14,16H,15H2,1-2H3. The van der Waals surface area contributed by atoms with Crippen molar-refractivity contribution in [3.05, 3.63) is 96.2 Å². The fourth-order valence-corrected chi connectivity index (χ4v) is 3.69. The summed E-state index contributed by atoms with van der Waals surface area (Å²) in [4.78, 5) is 25.9. The average molecular weight is 423 g/mol. The number of hydrogen-bond acceptors (Lipinski definition) is 6. The number of benzene rings is 2. The molecule has 0 saturated heterocycles. The minimum atomic E-state index is -0.952.